The zero-order valence-corrected chi connectivity index (χ0v) is 12.9. The van der Waals surface area contributed by atoms with Crippen molar-refractivity contribution in [1.82, 2.24) is 4.90 Å². The lowest BCUT2D eigenvalue weighted by molar-refractivity contribution is 0.0845. The minimum atomic E-state index is -0.175. The van der Waals surface area contributed by atoms with Gasteiger partial charge >= 0.3 is 0 Å². The van der Waals surface area contributed by atoms with Crippen LogP contribution in [0.2, 0.25) is 0 Å². The summed E-state index contributed by atoms with van der Waals surface area (Å²) in [6.07, 6.45) is 2.41. The normalized spacial score (nSPS) is 20.1. The zero-order chi connectivity index (χ0) is 14.8. The monoisotopic (exact) mass is 278 g/mol. The number of hydrogen-bond acceptors (Lipinski definition) is 2. The van der Waals surface area contributed by atoms with Crippen LogP contribution in [0.3, 0.4) is 0 Å². The molecule has 3 heteroatoms. The lowest BCUT2D eigenvalue weighted by Crippen LogP contribution is -2.42. The van der Waals surface area contributed by atoms with Crippen LogP contribution < -0.4 is 5.73 Å². The molecule has 1 aliphatic rings. The molecule has 1 aromatic rings. The van der Waals surface area contributed by atoms with E-state index in [1.165, 1.54) is 18.9 Å². The molecular formula is C17H27FN2. The highest BCUT2D eigenvalue weighted by atomic mass is 19.1. The van der Waals surface area contributed by atoms with Gasteiger partial charge in [0.2, 0.25) is 0 Å². The lowest BCUT2D eigenvalue weighted by atomic mass is 9.75. The Morgan fingerprint density at radius 1 is 1.30 bits per heavy atom. The quantitative estimate of drug-likeness (QED) is 0.915. The summed E-state index contributed by atoms with van der Waals surface area (Å²) in [4.78, 5) is 2.41. The van der Waals surface area contributed by atoms with E-state index in [0.29, 0.717) is 12.0 Å². The Kier molecular flexibility index (Phi) is 4.82. The highest BCUT2D eigenvalue weighted by Crippen LogP contribution is 2.36. The van der Waals surface area contributed by atoms with Crippen LogP contribution in [0.15, 0.2) is 24.3 Å². The molecule has 0 saturated carbocycles. The fraction of sp³-hybridized carbons (Fsp3) is 0.647. The van der Waals surface area contributed by atoms with Gasteiger partial charge in [-0.3, -0.25) is 4.90 Å². The highest BCUT2D eigenvalue weighted by Gasteiger charge is 2.31. The van der Waals surface area contributed by atoms with Gasteiger partial charge in [0.1, 0.15) is 5.82 Å². The number of nitrogens with zero attached hydrogens (tertiary/aromatic N) is 1. The molecule has 1 fully saturated rings. The summed E-state index contributed by atoms with van der Waals surface area (Å²) in [5.74, 6) is 0.593. The third-order valence-electron chi connectivity index (χ3n) is 4.65. The molecule has 2 rings (SSSR count). The number of halogens is 1. The summed E-state index contributed by atoms with van der Waals surface area (Å²) in [6, 6.07) is 7.01. The first-order chi connectivity index (χ1) is 9.41. The molecule has 0 radical (unpaired) electrons. The van der Waals surface area contributed by atoms with Crippen LogP contribution in [0, 0.1) is 17.2 Å². The molecule has 0 aliphatic carbocycles. The van der Waals surface area contributed by atoms with Crippen LogP contribution in [-0.2, 0) is 0 Å². The Balaban J connectivity index is 2.04. The number of nitrogens with two attached hydrogens (primary N) is 1. The van der Waals surface area contributed by atoms with E-state index in [2.05, 4.69) is 25.7 Å². The summed E-state index contributed by atoms with van der Waals surface area (Å²) in [6.45, 7) is 9.62. The van der Waals surface area contributed by atoms with Gasteiger partial charge < -0.3 is 5.73 Å². The standard InChI is InChI=1S/C17H27FN2/c1-17(2,3)14-7-9-20(10-8-14)16(12-19)13-5-4-6-15(18)11-13/h4-6,11,14,16H,7-10,12,19H2,1-3H3. The minimum absolute atomic E-state index is 0.145. The second kappa shape index (κ2) is 6.23. The van der Waals surface area contributed by atoms with E-state index in [4.69, 9.17) is 5.73 Å². The predicted octanol–water partition coefficient (Wildman–Crippen LogP) is 3.58. The molecule has 20 heavy (non-hydrogen) atoms. The fourth-order valence-corrected chi connectivity index (χ4v) is 3.29. The molecule has 112 valence electrons. The molecule has 1 aromatic carbocycles. The van der Waals surface area contributed by atoms with Crippen molar-refractivity contribution >= 4 is 0 Å². The second-order valence-corrected chi connectivity index (χ2v) is 6.98. The Bertz CT molecular complexity index is 431. The van der Waals surface area contributed by atoms with Gasteiger partial charge in [-0.15, -0.1) is 0 Å². The topological polar surface area (TPSA) is 29.3 Å². The van der Waals surface area contributed by atoms with Gasteiger partial charge in [-0.25, -0.2) is 4.39 Å². The van der Waals surface area contributed by atoms with Crippen molar-refractivity contribution in [2.75, 3.05) is 19.6 Å². The summed E-state index contributed by atoms with van der Waals surface area (Å²) >= 11 is 0. The van der Waals surface area contributed by atoms with E-state index < -0.39 is 0 Å². The first-order valence-electron chi connectivity index (χ1n) is 7.61. The Morgan fingerprint density at radius 3 is 2.45 bits per heavy atom. The molecule has 1 heterocycles. The molecule has 2 N–H and O–H groups in total. The van der Waals surface area contributed by atoms with E-state index in [1.54, 1.807) is 12.1 Å². The number of rotatable bonds is 3. The van der Waals surface area contributed by atoms with Crippen LogP contribution in [0.5, 0.6) is 0 Å². The Hall–Kier alpha value is -0.930. The third kappa shape index (κ3) is 3.58. The van der Waals surface area contributed by atoms with Gasteiger partial charge in [0.05, 0.1) is 0 Å². The maximum Gasteiger partial charge on any atom is 0.123 e. The maximum absolute atomic E-state index is 13.4. The van der Waals surface area contributed by atoms with E-state index >= 15 is 0 Å². The summed E-state index contributed by atoms with van der Waals surface area (Å²) in [5, 5.41) is 0. The third-order valence-corrected chi connectivity index (χ3v) is 4.65. The van der Waals surface area contributed by atoms with Crippen LogP contribution in [-0.4, -0.2) is 24.5 Å². The van der Waals surface area contributed by atoms with Crippen molar-refractivity contribution in [1.29, 1.82) is 0 Å². The van der Waals surface area contributed by atoms with Crippen molar-refractivity contribution in [3.05, 3.63) is 35.6 Å². The maximum atomic E-state index is 13.4. The van der Waals surface area contributed by atoms with E-state index in [-0.39, 0.29) is 11.9 Å². The van der Waals surface area contributed by atoms with Gasteiger partial charge in [0.15, 0.2) is 0 Å². The molecule has 1 unspecified atom stereocenters. The van der Waals surface area contributed by atoms with Crippen LogP contribution in [0.1, 0.15) is 45.2 Å². The molecule has 2 nitrogen and oxygen atoms in total. The molecule has 1 atom stereocenters. The van der Waals surface area contributed by atoms with Crippen LogP contribution >= 0.6 is 0 Å². The van der Waals surface area contributed by atoms with Gasteiger partial charge in [-0.1, -0.05) is 32.9 Å². The summed E-state index contributed by atoms with van der Waals surface area (Å²) < 4.78 is 13.4. The van der Waals surface area contributed by atoms with E-state index in [0.717, 1.165) is 24.6 Å². The molecule has 0 amide bonds. The van der Waals surface area contributed by atoms with Gasteiger partial charge in [0, 0.05) is 12.6 Å². The van der Waals surface area contributed by atoms with Crippen molar-refractivity contribution in [2.24, 2.45) is 17.1 Å². The largest absolute Gasteiger partial charge is 0.329 e. The summed E-state index contributed by atoms with van der Waals surface area (Å²) in [7, 11) is 0. The number of piperidine rings is 1. The zero-order valence-electron chi connectivity index (χ0n) is 12.9. The minimum Gasteiger partial charge on any atom is -0.329 e. The first kappa shape index (κ1) is 15.5. The molecule has 0 aromatic heterocycles. The van der Waals surface area contributed by atoms with Crippen molar-refractivity contribution in [3.8, 4) is 0 Å². The summed E-state index contributed by atoms with van der Waals surface area (Å²) in [5.41, 5.74) is 7.32. The SMILES string of the molecule is CC(C)(C)C1CCN(C(CN)c2cccc(F)c2)CC1. The molecule has 0 spiro atoms. The molecule has 0 bridgehead atoms. The molecule has 1 saturated heterocycles. The average Bonchev–Trinajstić information content (AvgIpc) is 2.39. The average molecular weight is 278 g/mol. The van der Waals surface area contributed by atoms with Crippen molar-refractivity contribution in [3.63, 3.8) is 0 Å². The first-order valence-corrected chi connectivity index (χ1v) is 7.61. The van der Waals surface area contributed by atoms with Crippen molar-refractivity contribution < 1.29 is 4.39 Å². The van der Waals surface area contributed by atoms with Crippen LogP contribution in [0.4, 0.5) is 4.39 Å². The number of benzene rings is 1. The second-order valence-electron chi connectivity index (χ2n) is 6.98. The molecular weight excluding hydrogens is 251 g/mol. The van der Waals surface area contributed by atoms with Gasteiger partial charge in [-0.2, -0.15) is 0 Å². The van der Waals surface area contributed by atoms with Crippen molar-refractivity contribution in [2.45, 2.75) is 39.7 Å². The predicted molar refractivity (Wildman–Crippen MR) is 81.9 cm³/mol. The van der Waals surface area contributed by atoms with E-state index in [1.807, 2.05) is 6.07 Å². The Morgan fingerprint density at radius 2 is 1.95 bits per heavy atom. The van der Waals surface area contributed by atoms with E-state index in [9.17, 15) is 4.39 Å². The molecule has 1 aliphatic heterocycles. The smallest absolute Gasteiger partial charge is 0.123 e. The highest BCUT2D eigenvalue weighted by molar-refractivity contribution is 5.20. The van der Waals surface area contributed by atoms with Crippen LogP contribution in [0.25, 0.3) is 0 Å². The Labute approximate surface area is 122 Å². The number of likely N-dealkylation sites (tertiary alicyclic amines) is 1. The van der Waals surface area contributed by atoms with Gasteiger partial charge in [-0.05, 0) is 55.0 Å². The van der Waals surface area contributed by atoms with Gasteiger partial charge in [0.25, 0.3) is 0 Å². The fourth-order valence-electron chi connectivity index (χ4n) is 3.29. The number of hydrogen-bond donors (Lipinski definition) is 1. The lowest BCUT2D eigenvalue weighted by Gasteiger charge is -2.41.